The Hall–Kier alpha value is -2.11. The van der Waals surface area contributed by atoms with Crippen LogP contribution in [0.1, 0.15) is 17.2 Å². The van der Waals surface area contributed by atoms with E-state index in [4.69, 9.17) is 11.6 Å². The largest absolute Gasteiger partial charge is 0.353 e. The second kappa shape index (κ2) is 7.44. The molecular formula is C17H16ClN3OS. The van der Waals surface area contributed by atoms with Gasteiger partial charge in [-0.25, -0.2) is 0 Å². The topological polar surface area (TPSA) is 46.9 Å². The van der Waals surface area contributed by atoms with E-state index in [0.29, 0.717) is 11.6 Å². The minimum absolute atomic E-state index is 0.00792. The number of nitrogens with zero attached hydrogens (tertiary/aromatic N) is 2. The molecule has 1 aromatic carbocycles. The van der Waals surface area contributed by atoms with E-state index in [0.717, 1.165) is 11.1 Å². The number of thiophene rings is 1. The van der Waals surface area contributed by atoms with Crippen molar-refractivity contribution in [1.82, 2.24) is 15.1 Å². The van der Waals surface area contributed by atoms with Gasteiger partial charge in [0.25, 0.3) is 0 Å². The van der Waals surface area contributed by atoms with Crippen LogP contribution in [-0.2, 0) is 11.2 Å². The van der Waals surface area contributed by atoms with Crippen molar-refractivity contribution in [1.29, 1.82) is 0 Å². The molecule has 2 aromatic heterocycles. The summed E-state index contributed by atoms with van der Waals surface area (Å²) in [6, 6.07) is 11.3. The molecule has 1 atom stereocenters. The van der Waals surface area contributed by atoms with Crippen molar-refractivity contribution in [2.24, 2.45) is 0 Å². The molecule has 0 saturated heterocycles. The molecule has 118 valence electrons. The van der Waals surface area contributed by atoms with E-state index < -0.39 is 0 Å². The Morgan fingerprint density at radius 2 is 2.17 bits per heavy atom. The normalized spacial score (nSPS) is 12.0. The third-order valence-corrected chi connectivity index (χ3v) is 4.64. The van der Waals surface area contributed by atoms with Gasteiger partial charge in [0.2, 0.25) is 5.91 Å². The maximum Gasteiger partial charge on any atom is 0.224 e. The van der Waals surface area contributed by atoms with Gasteiger partial charge in [0.1, 0.15) is 0 Å². The molecule has 3 aromatic rings. The molecule has 0 spiro atoms. The van der Waals surface area contributed by atoms with Crippen molar-refractivity contribution in [3.8, 4) is 0 Å². The van der Waals surface area contributed by atoms with Crippen molar-refractivity contribution in [2.75, 3.05) is 6.54 Å². The number of carbonyl (C=O) groups excluding carboxylic acids is 1. The van der Waals surface area contributed by atoms with Crippen LogP contribution in [0.3, 0.4) is 0 Å². The van der Waals surface area contributed by atoms with Crippen molar-refractivity contribution in [2.45, 2.75) is 12.5 Å². The number of hydrogen-bond acceptors (Lipinski definition) is 3. The fourth-order valence-corrected chi connectivity index (χ4v) is 3.29. The lowest BCUT2D eigenvalue weighted by Crippen LogP contribution is -2.32. The first-order valence-electron chi connectivity index (χ1n) is 7.25. The average molecular weight is 346 g/mol. The van der Waals surface area contributed by atoms with E-state index in [9.17, 15) is 4.79 Å². The highest BCUT2D eigenvalue weighted by Crippen LogP contribution is 2.20. The molecule has 0 aliphatic heterocycles. The molecule has 0 aliphatic rings. The molecule has 4 nitrogen and oxygen atoms in total. The Morgan fingerprint density at radius 3 is 2.87 bits per heavy atom. The number of halogens is 1. The molecule has 2 heterocycles. The minimum atomic E-state index is -0.0505. The molecule has 0 aliphatic carbocycles. The maximum atomic E-state index is 12.2. The van der Waals surface area contributed by atoms with Crippen LogP contribution in [-0.4, -0.2) is 22.2 Å². The first-order chi connectivity index (χ1) is 11.2. The van der Waals surface area contributed by atoms with E-state index in [2.05, 4.69) is 21.9 Å². The summed E-state index contributed by atoms with van der Waals surface area (Å²) >= 11 is 7.73. The lowest BCUT2D eigenvalue weighted by atomic mass is 10.1. The van der Waals surface area contributed by atoms with Crippen LogP contribution in [0.2, 0.25) is 5.02 Å². The highest BCUT2D eigenvalue weighted by molar-refractivity contribution is 7.07. The Morgan fingerprint density at radius 1 is 1.30 bits per heavy atom. The van der Waals surface area contributed by atoms with Gasteiger partial charge in [-0.3, -0.25) is 9.48 Å². The molecule has 0 saturated carbocycles. The summed E-state index contributed by atoms with van der Waals surface area (Å²) in [7, 11) is 0. The summed E-state index contributed by atoms with van der Waals surface area (Å²) in [5.41, 5.74) is 1.97. The molecule has 6 heteroatoms. The second-order valence-electron chi connectivity index (χ2n) is 5.13. The Balaban J connectivity index is 1.65. The number of rotatable bonds is 6. The van der Waals surface area contributed by atoms with Gasteiger partial charge in [0.05, 0.1) is 12.5 Å². The zero-order valence-electron chi connectivity index (χ0n) is 12.4. The van der Waals surface area contributed by atoms with E-state index in [1.807, 2.05) is 40.5 Å². The van der Waals surface area contributed by atoms with Crippen LogP contribution in [0.4, 0.5) is 0 Å². The zero-order chi connectivity index (χ0) is 16.1. The third-order valence-electron chi connectivity index (χ3n) is 3.57. The first kappa shape index (κ1) is 15.8. The standard InChI is InChI=1S/C17H16ClN3OS/c18-15-5-2-1-4-13(15)10-17(22)19-11-16(14-6-9-23-12-14)21-8-3-7-20-21/h1-9,12,16H,10-11H2,(H,19,22)/t16-/m0/s1. The average Bonchev–Trinajstić information content (AvgIpc) is 3.23. The number of benzene rings is 1. The lowest BCUT2D eigenvalue weighted by Gasteiger charge is -2.17. The van der Waals surface area contributed by atoms with Crippen LogP contribution in [0.5, 0.6) is 0 Å². The lowest BCUT2D eigenvalue weighted by molar-refractivity contribution is -0.120. The van der Waals surface area contributed by atoms with E-state index >= 15 is 0 Å². The molecule has 1 N–H and O–H groups in total. The molecular weight excluding hydrogens is 330 g/mol. The van der Waals surface area contributed by atoms with Crippen molar-refractivity contribution >= 4 is 28.8 Å². The van der Waals surface area contributed by atoms with Gasteiger partial charge in [-0.15, -0.1) is 0 Å². The van der Waals surface area contributed by atoms with Gasteiger partial charge >= 0.3 is 0 Å². The molecule has 23 heavy (non-hydrogen) atoms. The number of aromatic nitrogens is 2. The van der Waals surface area contributed by atoms with E-state index in [1.165, 1.54) is 0 Å². The van der Waals surface area contributed by atoms with Crippen LogP contribution >= 0.6 is 22.9 Å². The molecule has 0 bridgehead atoms. The second-order valence-corrected chi connectivity index (χ2v) is 6.32. The summed E-state index contributed by atoms with van der Waals surface area (Å²) in [4.78, 5) is 12.2. The number of hydrogen-bond donors (Lipinski definition) is 1. The Labute approximate surface area is 143 Å². The first-order valence-corrected chi connectivity index (χ1v) is 8.57. The number of carbonyl (C=O) groups is 1. The predicted octanol–water partition coefficient (Wildman–Crippen LogP) is 3.55. The predicted molar refractivity (Wildman–Crippen MR) is 92.9 cm³/mol. The van der Waals surface area contributed by atoms with Crippen molar-refractivity contribution in [3.63, 3.8) is 0 Å². The van der Waals surface area contributed by atoms with Gasteiger partial charge in [0, 0.05) is 24.0 Å². The molecule has 1 amide bonds. The highest BCUT2D eigenvalue weighted by atomic mass is 35.5. The van der Waals surface area contributed by atoms with Gasteiger partial charge in [0.15, 0.2) is 0 Å². The number of nitrogens with one attached hydrogen (secondary N) is 1. The smallest absolute Gasteiger partial charge is 0.224 e. The third kappa shape index (κ3) is 4.00. The van der Waals surface area contributed by atoms with Crippen LogP contribution in [0, 0.1) is 0 Å². The summed E-state index contributed by atoms with van der Waals surface area (Å²) in [6.45, 7) is 0.488. The maximum absolute atomic E-state index is 12.2. The highest BCUT2D eigenvalue weighted by Gasteiger charge is 2.16. The molecule has 3 rings (SSSR count). The Bertz CT molecular complexity index is 722. The quantitative estimate of drug-likeness (QED) is 0.742. The van der Waals surface area contributed by atoms with Crippen molar-refractivity contribution < 1.29 is 4.79 Å². The van der Waals surface area contributed by atoms with Crippen molar-refractivity contribution in [3.05, 3.63) is 75.7 Å². The fourth-order valence-electron chi connectivity index (χ4n) is 2.38. The summed E-state index contributed by atoms with van der Waals surface area (Å²) in [6.07, 6.45) is 3.92. The van der Waals surface area contributed by atoms with Crippen LogP contribution < -0.4 is 5.32 Å². The SMILES string of the molecule is O=C(Cc1ccccc1Cl)NC[C@@H](c1ccsc1)n1cccn1. The fraction of sp³-hybridized carbons (Fsp3) is 0.176. The number of amides is 1. The van der Waals surface area contributed by atoms with Gasteiger partial charge in [-0.05, 0) is 40.1 Å². The summed E-state index contributed by atoms with van der Waals surface area (Å²) in [5, 5.41) is 12.0. The minimum Gasteiger partial charge on any atom is -0.353 e. The molecule has 0 radical (unpaired) electrons. The van der Waals surface area contributed by atoms with E-state index in [1.54, 1.807) is 23.6 Å². The monoisotopic (exact) mass is 345 g/mol. The van der Waals surface area contributed by atoms with Gasteiger partial charge < -0.3 is 5.32 Å². The zero-order valence-corrected chi connectivity index (χ0v) is 13.9. The summed E-state index contributed by atoms with van der Waals surface area (Å²) < 4.78 is 1.86. The summed E-state index contributed by atoms with van der Waals surface area (Å²) in [5.74, 6) is -0.0505. The van der Waals surface area contributed by atoms with Gasteiger partial charge in [-0.2, -0.15) is 16.4 Å². The van der Waals surface area contributed by atoms with Crippen LogP contribution in [0.25, 0.3) is 0 Å². The molecule has 0 unspecified atom stereocenters. The Kier molecular flexibility index (Phi) is 5.10. The van der Waals surface area contributed by atoms with Gasteiger partial charge in [-0.1, -0.05) is 29.8 Å². The van der Waals surface area contributed by atoms with E-state index in [-0.39, 0.29) is 18.4 Å². The molecule has 0 fully saturated rings. The van der Waals surface area contributed by atoms with Crippen LogP contribution in [0.15, 0.2) is 59.6 Å².